The van der Waals surface area contributed by atoms with Crippen molar-refractivity contribution in [1.29, 1.82) is 0 Å². The van der Waals surface area contributed by atoms with Gasteiger partial charge in [0, 0.05) is 25.2 Å². The van der Waals surface area contributed by atoms with E-state index in [0.717, 1.165) is 11.3 Å². The number of carbonyl (C=O) groups is 2. The zero-order valence-corrected chi connectivity index (χ0v) is 13.3. The van der Waals surface area contributed by atoms with Crippen LogP contribution in [0.2, 0.25) is 0 Å². The standard InChI is InChI=1S/C19H20N2O3/c22-17(14-7-3-1-4-8-14)12-20-19(24)15-11-18(23)21(13-15)16-9-5-2-6-10-16/h1-10,15,17,22H,11-13H2,(H,20,24)/t15-,17+/m0/s1. The predicted molar refractivity (Wildman–Crippen MR) is 91.3 cm³/mol. The van der Waals surface area contributed by atoms with E-state index in [0.29, 0.717) is 6.54 Å². The van der Waals surface area contributed by atoms with Gasteiger partial charge in [0.05, 0.1) is 12.0 Å². The highest BCUT2D eigenvalue weighted by atomic mass is 16.3. The van der Waals surface area contributed by atoms with Crippen LogP contribution in [0.25, 0.3) is 0 Å². The first-order chi connectivity index (χ1) is 11.6. The normalized spacial score (nSPS) is 18.5. The Bertz CT molecular complexity index is 703. The lowest BCUT2D eigenvalue weighted by Gasteiger charge is -2.17. The van der Waals surface area contributed by atoms with E-state index in [2.05, 4.69) is 5.32 Å². The number of nitrogens with one attached hydrogen (secondary N) is 1. The highest BCUT2D eigenvalue weighted by Gasteiger charge is 2.35. The molecule has 1 saturated heterocycles. The number of hydrogen-bond donors (Lipinski definition) is 2. The molecule has 1 aliphatic rings. The molecular weight excluding hydrogens is 304 g/mol. The molecule has 2 N–H and O–H groups in total. The minimum absolute atomic E-state index is 0.0510. The van der Waals surface area contributed by atoms with Gasteiger partial charge in [-0.1, -0.05) is 48.5 Å². The molecule has 0 unspecified atom stereocenters. The minimum atomic E-state index is -0.752. The van der Waals surface area contributed by atoms with Crippen LogP contribution in [0.1, 0.15) is 18.1 Å². The molecule has 0 aliphatic carbocycles. The number of nitrogens with zero attached hydrogens (tertiary/aromatic N) is 1. The van der Waals surface area contributed by atoms with Crippen LogP contribution >= 0.6 is 0 Å². The summed E-state index contributed by atoms with van der Waals surface area (Å²) in [6.07, 6.45) is -0.556. The fourth-order valence-electron chi connectivity index (χ4n) is 2.88. The predicted octanol–water partition coefficient (Wildman–Crippen LogP) is 1.89. The Kier molecular flexibility index (Phi) is 4.91. The third kappa shape index (κ3) is 3.63. The van der Waals surface area contributed by atoms with Crippen molar-refractivity contribution in [3.05, 3.63) is 66.2 Å². The zero-order valence-electron chi connectivity index (χ0n) is 13.3. The Hall–Kier alpha value is -2.66. The summed E-state index contributed by atoms with van der Waals surface area (Å²) in [6.45, 7) is 0.509. The average molecular weight is 324 g/mol. The fourth-order valence-corrected chi connectivity index (χ4v) is 2.88. The van der Waals surface area contributed by atoms with Gasteiger partial charge in [-0.3, -0.25) is 9.59 Å². The second-order valence-corrected chi connectivity index (χ2v) is 5.91. The first-order valence-corrected chi connectivity index (χ1v) is 8.01. The Morgan fingerprint density at radius 3 is 2.42 bits per heavy atom. The average Bonchev–Trinajstić information content (AvgIpc) is 3.02. The number of rotatable bonds is 5. The van der Waals surface area contributed by atoms with Gasteiger partial charge >= 0.3 is 0 Å². The van der Waals surface area contributed by atoms with Crippen molar-refractivity contribution in [3.63, 3.8) is 0 Å². The molecule has 1 aliphatic heterocycles. The van der Waals surface area contributed by atoms with Crippen LogP contribution in [0.15, 0.2) is 60.7 Å². The second kappa shape index (κ2) is 7.27. The molecule has 1 heterocycles. The van der Waals surface area contributed by atoms with Gasteiger partial charge in [0.15, 0.2) is 0 Å². The van der Waals surface area contributed by atoms with Crippen LogP contribution in [0.3, 0.4) is 0 Å². The van der Waals surface area contributed by atoms with Crippen LogP contribution in [0, 0.1) is 5.92 Å². The molecule has 1 fully saturated rings. The summed E-state index contributed by atoms with van der Waals surface area (Å²) >= 11 is 0. The Morgan fingerprint density at radius 2 is 1.75 bits per heavy atom. The molecule has 124 valence electrons. The lowest BCUT2D eigenvalue weighted by Crippen LogP contribution is -2.35. The number of aliphatic hydroxyl groups excluding tert-OH is 1. The monoisotopic (exact) mass is 324 g/mol. The van der Waals surface area contributed by atoms with Crippen LogP contribution in [0.4, 0.5) is 5.69 Å². The number of aliphatic hydroxyl groups is 1. The van der Waals surface area contributed by atoms with Gasteiger partial charge in [-0.25, -0.2) is 0 Å². The van der Waals surface area contributed by atoms with Gasteiger partial charge in [-0.05, 0) is 17.7 Å². The molecule has 0 bridgehead atoms. The Balaban J connectivity index is 1.56. The minimum Gasteiger partial charge on any atom is -0.387 e. The first-order valence-electron chi connectivity index (χ1n) is 8.01. The number of amides is 2. The highest BCUT2D eigenvalue weighted by Crippen LogP contribution is 2.25. The maximum absolute atomic E-state index is 12.3. The van der Waals surface area contributed by atoms with Crippen molar-refractivity contribution in [1.82, 2.24) is 5.32 Å². The molecule has 2 amide bonds. The van der Waals surface area contributed by atoms with E-state index in [9.17, 15) is 14.7 Å². The van der Waals surface area contributed by atoms with Gasteiger partial charge in [0.1, 0.15) is 0 Å². The van der Waals surface area contributed by atoms with Crippen molar-refractivity contribution in [2.24, 2.45) is 5.92 Å². The molecule has 2 atom stereocenters. The summed E-state index contributed by atoms with van der Waals surface area (Å²) in [4.78, 5) is 26.1. The lowest BCUT2D eigenvalue weighted by atomic mass is 10.1. The van der Waals surface area contributed by atoms with Gasteiger partial charge < -0.3 is 15.3 Å². The third-order valence-electron chi connectivity index (χ3n) is 4.22. The third-order valence-corrected chi connectivity index (χ3v) is 4.22. The van der Waals surface area contributed by atoms with E-state index < -0.39 is 6.10 Å². The van der Waals surface area contributed by atoms with E-state index in [1.165, 1.54) is 0 Å². The maximum atomic E-state index is 12.3. The number of carbonyl (C=O) groups excluding carboxylic acids is 2. The quantitative estimate of drug-likeness (QED) is 0.882. The largest absolute Gasteiger partial charge is 0.387 e. The van der Waals surface area contributed by atoms with Crippen LogP contribution < -0.4 is 10.2 Å². The van der Waals surface area contributed by atoms with Crippen LogP contribution in [0.5, 0.6) is 0 Å². The van der Waals surface area contributed by atoms with Crippen molar-refractivity contribution >= 4 is 17.5 Å². The molecule has 0 radical (unpaired) electrons. The second-order valence-electron chi connectivity index (χ2n) is 5.91. The molecule has 2 aromatic carbocycles. The molecule has 0 spiro atoms. The van der Waals surface area contributed by atoms with E-state index in [-0.39, 0.29) is 30.7 Å². The van der Waals surface area contributed by atoms with Crippen molar-refractivity contribution in [2.75, 3.05) is 18.0 Å². The van der Waals surface area contributed by atoms with E-state index in [4.69, 9.17) is 0 Å². The Morgan fingerprint density at radius 1 is 1.12 bits per heavy atom. The van der Waals surface area contributed by atoms with Crippen molar-refractivity contribution in [2.45, 2.75) is 12.5 Å². The first kappa shape index (κ1) is 16.2. The molecule has 2 aromatic rings. The number of anilines is 1. The van der Waals surface area contributed by atoms with Crippen molar-refractivity contribution < 1.29 is 14.7 Å². The molecule has 5 nitrogen and oxygen atoms in total. The lowest BCUT2D eigenvalue weighted by molar-refractivity contribution is -0.126. The van der Waals surface area contributed by atoms with Gasteiger partial charge in [-0.2, -0.15) is 0 Å². The smallest absolute Gasteiger partial charge is 0.227 e. The van der Waals surface area contributed by atoms with Crippen LogP contribution in [-0.4, -0.2) is 30.0 Å². The topological polar surface area (TPSA) is 69.6 Å². The van der Waals surface area contributed by atoms with E-state index in [1.54, 1.807) is 4.90 Å². The summed E-state index contributed by atoms with van der Waals surface area (Å²) in [6, 6.07) is 18.5. The summed E-state index contributed by atoms with van der Waals surface area (Å²) in [7, 11) is 0. The molecule has 5 heteroatoms. The summed E-state index contributed by atoms with van der Waals surface area (Å²) < 4.78 is 0. The van der Waals surface area contributed by atoms with Crippen LogP contribution in [-0.2, 0) is 9.59 Å². The van der Waals surface area contributed by atoms with E-state index in [1.807, 2.05) is 60.7 Å². The number of hydrogen-bond acceptors (Lipinski definition) is 3. The highest BCUT2D eigenvalue weighted by molar-refractivity contribution is 6.00. The van der Waals surface area contributed by atoms with Crippen molar-refractivity contribution in [3.8, 4) is 0 Å². The summed E-state index contributed by atoms with van der Waals surface area (Å²) in [5.41, 5.74) is 1.56. The molecule has 0 aromatic heterocycles. The fraction of sp³-hybridized carbons (Fsp3) is 0.263. The maximum Gasteiger partial charge on any atom is 0.227 e. The summed E-state index contributed by atoms with van der Waals surface area (Å²) in [5.74, 6) is -0.637. The Labute approximate surface area is 140 Å². The molecule has 3 rings (SSSR count). The van der Waals surface area contributed by atoms with E-state index >= 15 is 0 Å². The number of para-hydroxylation sites is 1. The van der Waals surface area contributed by atoms with Gasteiger partial charge in [-0.15, -0.1) is 0 Å². The number of benzene rings is 2. The van der Waals surface area contributed by atoms with Gasteiger partial charge in [0.25, 0.3) is 0 Å². The SMILES string of the molecule is O=C(NC[C@@H](O)c1ccccc1)[C@H]1CC(=O)N(c2ccccc2)C1. The summed E-state index contributed by atoms with van der Waals surface area (Å²) in [5, 5.41) is 12.8. The molecule has 0 saturated carbocycles. The van der Waals surface area contributed by atoms with Gasteiger partial charge in [0.2, 0.25) is 11.8 Å². The zero-order chi connectivity index (χ0) is 16.9. The molecular formula is C19H20N2O3. The molecule has 24 heavy (non-hydrogen) atoms.